The van der Waals surface area contributed by atoms with Gasteiger partial charge in [0.25, 0.3) is 0 Å². The first-order valence-corrected chi connectivity index (χ1v) is 10.9. The summed E-state index contributed by atoms with van der Waals surface area (Å²) in [6, 6.07) is 14.7. The van der Waals surface area contributed by atoms with E-state index in [1.807, 2.05) is 76.2 Å². The predicted molar refractivity (Wildman–Crippen MR) is 130 cm³/mol. The summed E-state index contributed by atoms with van der Waals surface area (Å²) >= 11 is 0. The SMILES string of the molecule is CC(C=NNC(=O)Cc1ccc(OC(C)C)cc1)=NNC(=O)Cc1ccc(OC(C)C)cc1. The second-order valence-corrected chi connectivity index (χ2v) is 8.06. The number of carbonyl (C=O) groups excluding carboxylic acids is 2. The van der Waals surface area contributed by atoms with Crippen LogP contribution in [-0.4, -0.2) is 35.9 Å². The highest BCUT2D eigenvalue weighted by molar-refractivity contribution is 6.29. The van der Waals surface area contributed by atoms with Gasteiger partial charge in [-0.1, -0.05) is 24.3 Å². The Bertz CT molecular complexity index is 965. The van der Waals surface area contributed by atoms with E-state index in [-0.39, 0.29) is 36.9 Å². The lowest BCUT2D eigenvalue weighted by Crippen LogP contribution is -2.22. The number of hydrazone groups is 2. The Morgan fingerprint density at radius 3 is 1.64 bits per heavy atom. The van der Waals surface area contributed by atoms with Crippen molar-refractivity contribution in [2.24, 2.45) is 10.2 Å². The molecule has 0 saturated heterocycles. The number of hydrogen-bond donors (Lipinski definition) is 2. The molecule has 2 N–H and O–H groups in total. The Balaban J connectivity index is 1.74. The second kappa shape index (κ2) is 13.0. The number of nitrogens with one attached hydrogen (secondary N) is 2. The molecule has 8 heteroatoms. The summed E-state index contributed by atoms with van der Waals surface area (Å²) in [6.45, 7) is 9.50. The van der Waals surface area contributed by atoms with Gasteiger partial charge in [0.2, 0.25) is 11.8 Å². The molecule has 0 aromatic heterocycles. The van der Waals surface area contributed by atoms with Crippen molar-refractivity contribution in [3.63, 3.8) is 0 Å². The molecule has 0 bridgehead atoms. The number of benzene rings is 2. The molecule has 33 heavy (non-hydrogen) atoms. The molecule has 2 rings (SSSR count). The average molecular weight is 453 g/mol. The molecule has 0 unspecified atom stereocenters. The van der Waals surface area contributed by atoms with Gasteiger partial charge in [-0.2, -0.15) is 10.2 Å². The van der Waals surface area contributed by atoms with Crippen LogP contribution in [0.3, 0.4) is 0 Å². The van der Waals surface area contributed by atoms with Crippen molar-refractivity contribution in [3.05, 3.63) is 59.7 Å². The largest absolute Gasteiger partial charge is 0.491 e. The summed E-state index contributed by atoms with van der Waals surface area (Å²) in [5.41, 5.74) is 7.06. The van der Waals surface area contributed by atoms with Crippen LogP contribution in [0, 0.1) is 0 Å². The monoisotopic (exact) mass is 452 g/mol. The van der Waals surface area contributed by atoms with Crippen molar-refractivity contribution < 1.29 is 19.1 Å². The maximum atomic E-state index is 12.1. The number of rotatable bonds is 11. The fourth-order valence-electron chi connectivity index (χ4n) is 2.74. The van der Waals surface area contributed by atoms with Crippen LogP contribution in [0.1, 0.15) is 45.7 Å². The second-order valence-electron chi connectivity index (χ2n) is 8.06. The first-order valence-electron chi connectivity index (χ1n) is 10.9. The summed E-state index contributed by atoms with van der Waals surface area (Å²) in [6.07, 6.45) is 1.94. The molecule has 0 radical (unpaired) electrons. The Morgan fingerprint density at radius 2 is 1.21 bits per heavy atom. The molecule has 8 nitrogen and oxygen atoms in total. The van der Waals surface area contributed by atoms with E-state index >= 15 is 0 Å². The summed E-state index contributed by atoms with van der Waals surface area (Å²) < 4.78 is 11.2. The summed E-state index contributed by atoms with van der Waals surface area (Å²) in [5.74, 6) is 1.01. The molecule has 176 valence electrons. The van der Waals surface area contributed by atoms with Crippen LogP contribution in [0.2, 0.25) is 0 Å². The smallest absolute Gasteiger partial charge is 0.244 e. The van der Waals surface area contributed by atoms with Gasteiger partial charge in [-0.25, -0.2) is 10.9 Å². The van der Waals surface area contributed by atoms with Gasteiger partial charge in [-0.15, -0.1) is 0 Å². The van der Waals surface area contributed by atoms with Gasteiger partial charge >= 0.3 is 0 Å². The lowest BCUT2D eigenvalue weighted by Gasteiger charge is -2.09. The number of carbonyl (C=O) groups is 2. The minimum absolute atomic E-state index is 0.0964. The third-order valence-corrected chi connectivity index (χ3v) is 4.12. The Morgan fingerprint density at radius 1 is 0.788 bits per heavy atom. The molecule has 2 aromatic rings. The van der Waals surface area contributed by atoms with E-state index in [0.717, 1.165) is 22.6 Å². The molecule has 0 atom stereocenters. The van der Waals surface area contributed by atoms with Gasteiger partial charge in [0.15, 0.2) is 0 Å². The van der Waals surface area contributed by atoms with Gasteiger partial charge < -0.3 is 9.47 Å². The zero-order chi connectivity index (χ0) is 24.2. The summed E-state index contributed by atoms with van der Waals surface area (Å²) in [5, 5.41) is 7.84. The standard InChI is InChI=1S/C25H32N4O4/c1-17(2)32-22-10-6-20(7-11-22)14-24(30)28-26-16-19(5)27-29-25(31)15-21-8-12-23(13-9-21)33-18(3)4/h6-13,16-18H,14-15H2,1-5H3,(H,28,30)(H,29,31). The van der Waals surface area contributed by atoms with Crippen molar-refractivity contribution >= 4 is 23.7 Å². The molecule has 0 saturated carbocycles. The van der Waals surface area contributed by atoms with Crippen molar-refractivity contribution in [3.8, 4) is 11.5 Å². The third kappa shape index (κ3) is 10.5. The molecular formula is C25H32N4O4. The van der Waals surface area contributed by atoms with E-state index in [4.69, 9.17) is 9.47 Å². The topological polar surface area (TPSA) is 101 Å². The minimum Gasteiger partial charge on any atom is -0.491 e. The quantitative estimate of drug-likeness (QED) is 0.401. The molecule has 0 aliphatic carbocycles. The molecule has 2 amide bonds. The highest BCUT2D eigenvalue weighted by Crippen LogP contribution is 2.15. The van der Waals surface area contributed by atoms with E-state index in [2.05, 4.69) is 21.1 Å². The van der Waals surface area contributed by atoms with Gasteiger partial charge in [0.05, 0.1) is 37.0 Å². The van der Waals surface area contributed by atoms with Crippen molar-refractivity contribution in [2.45, 2.75) is 59.7 Å². The maximum absolute atomic E-state index is 12.1. The third-order valence-electron chi connectivity index (χ3n) is 4.12. The van der Waals surface area contributed by atoms with Crippen LogP contribution in [0.25, 0.3) is 0 Å². The summed E-state index contributed by atoms with van der Waals surface area (Å²) in [7, 11) is 0. The average Bonchev–Trinajstić information content (AvgIpc) is 2.74. The number of ether oxygens (including phenoxy) is 2. The van der Waals surface area contributed by atoms with Crippen LogP contribution in [-0.2, 0) is 22.4 Å². The highest BCUT2D eigenvalue weighted by atomic mass is 16.5. The highest BCUT2D eigenvalue weighted by Gasteiger charge is 2.05. The molecule has 0 spiro atoms. The van der Waals surface area contributed by atoms with E-state index < -0.39 is 0 Å². The molecule has 2 aromatic carbocycles. The van der Waals surface area contributed by atoms with Crippen LogP contribution in [0.15, 0.2) is 58.7 Å². The van der Waals surface area contributed by atoms with E-state index in [9.17, 15) is 9.59 Å². The Labute approximate surface area is 195 Å². The number of amides is 2. The summed E-state index contributed by atoms with van der Waals surface area (Å²) in [4.78, 5) is 24.1. The van der Waals surface area contributed by atoms with Crippen LogP contribution in [0.4, 0.5) is 0 Å². The lowest BCUT2D eigenvalue weighted by molar-refractivity contribution is -0.121. The maximum Gasteiger partial charge on any atom is 0.244 e. The fraction of sp³-hybridized carbons (Fsp3) is 0.360. The first-order chi connectivity index (χ1) is 15.7. The molecule has 0 fully saturated rings. The molecular weight excluding hydrogens is 420 g/mol. The first kappa shape index (κ1) is 25.6. The van der Waals surface area contributed by atoms with Crippen LogP contribution in [0.5, 0.6) is 11.5 Å². The zero-order valence-corrected chi connectivity index (χ0v) is 19.8. The fourth-order valence-corrected chi connectivity index (χ4v) is 2.74. The van der Waals surface area contributed by atoms with E-state index in [1.165, 1.54) is 6.21 Å². The Hall–Kier alpha value is -3.68. The van der Waals surface area contributed by atoms with Crippen molar-refractivity contribution in [2.75, 3.05) is 0 Å². The van der Waals surface area contributed by atoms with Crippen LogP contribution < -0.4 is 20.3 Å². The zero-order valence-electron chi connectivity index (χ0n) is 19.8. The van der Waals surface area contributed by atoms with E-state index in [0.29, 0.717) is 5.71 Å². The van der Waals surface area contributed by atoms with Gasteiger partial charge in [0, 0.05) is 0 Å². The van der Waals surface area contributed by atoms with Gasteiger partial charge in [0.1, 0.15) is 11.5 Å². The van der Waals surface area contributed by atoms with Crippen molar-refractivity contribution in [1.82, 2.24) is 10.9 Å². The molecule has 0 heterocycles. The molecule has 0 aliphatic heterocycles. The van der Waals surface area contributed by atoms with Gasteiger partial charge in [-0.3, -0.25) is 9.59 Å². The number of nitrogens with zero attached hydrogens (tertiary/aromatic N) is 2. The van der Waals surface area contributed by atoms with Gasteiger partial charge in [-0.05, 0) is 70.0 Å². The van der Waals surface area contributed by atoms with Crippen LogP contribution >= 0.6 is 0 Å². The Kier molecular flexibility index (Phi) is 10.1. The minimum atomic E-state index is -0.259. The van der Waals surface area contributed by atoms with Crippen molar-refractivity contribution in [1.29, 1.82) is 0 Å². The lowest BCUT2D eigenvalue weighted by atomic mass is 10.1. The predicted octanol–water partition coefficient (Wildman–Crippen LogP) is 3.64. The van der Waals surface area contributed by atoms with E-state index in [1.54, 1.807) is 6.92 Å². The molecule has 0 aliphatic rings. The normalized spacial score (nSPS) is 11.7. The number of hydrogen-bond acceptors (Lipinski definition) is 6.